The first-order chi connectivity index (χ1) is 8.81. The summed E-state index contributed by atoms with van der Waals surface area (Å²) in [6.07, 6.45) is 6.83. The fourth-order valence-corrected chi connectivity index (χ4v) is 3.53. The van der Waals surface area contributed by atoms with Gasteiger partial charge in [-0.3, -0.25) is 4.90 Å². The molecule has 0 saturated carbocycles. The second-order valence-electron chi connectivity index (χ2n) is 5.45. The number of rotatable bonds is 3. The summed E-state index contributed by atoms with van der Waals surface area (Å²) in [7, 11) is 0. The Hall–Kier alpha value is -1.15. The highest BCUT2D eigenvalue weighted by atomic mass is 19.1. The van der Waals surface area contributed by atoms with Gasteiger partial charge in [0, 0.05) is 18.1 Å². The summed E-state index contributed by atoms with van der Waals surface area (Å²) in [5.74, 6) is 0.408. The lowest BCUT2D eigenvalue weighted by Gasteiger charge is -2.50. The molecule has 0 amide bonds. The zero-order chi connectivity index (χ0) is 12.5. The van der Waals surface area contributed by atoms with Gasteiger partial charge in [-0.15, -0.1) is 0 Å². The van der Waals surface area contributed by atoms with E-state index in [0.29, 0.717) is 18.0 Å². The highest BCUT2D eigenvalue weighted by molar-refractivity contribution is 5.22. The highest BCUT2D eigenvalue weighted by Crippen LogP contribution is 2.40. The van der Waals surface area contributed by atoms with E-state index in [4.69, 9.17) is 0 Å². The molecule has 0 aromatic heterocycles. The van der Waals surface area contributed by atoms with Crippen molar-refractivity contribution >= 4 is 0 Å². The summed E-state index contributed by atoms with van der Waals surface area (Å²) >= 11 is 0. The quantitative estimate of drug-likeness (QED) is 0.733. The third-order valence-corrected chi connectivity index (χ3v) is 4.52. The van der Waals surface area contributed by atoms with Crippen molar-refractivity contribution in [3.63, 3.8) is 0 Å². The Morgan fingerprint density at radius 3 is 2.61 bits per heavy atom. The minimum Gasteiger partial charge on any atom is -0.284 e. The third kappa shape index (κ3) is 1.89. The molecule has 3 aliphatic rings. The number of alkyl halides is 1. The third-order valence-electron chi connectivity index (χ3n) is 4.52. The van der Waals surface area contributed by atoms with E-state index < -0.39 is 0 Å². The summed E-state index contributed by atoms with van der Waals surface area (Å²) < 4.78 is 13.4. The van der Waals surface area contributed by atoms with Crippen LogP contribution in [-0.2, 0) is 0 Å². The van der Waals surface area contributed by atoms with Crippen molar-refractivity contribution in [1.82, 2.24) is 4.90 Å². The van der Waals surface area contributed by atoms with E-state index >= 15 is 0 Å². The zero-order valence-electron chi connectivity index (χ0n) is 10.8. The molecule has 0 radical (unpaired) electrons. The van der Waals surface area contributed by atoms with Crippen LogP contribution < -0.4 is 0 Å². The molecule has 1 aromatic carbocycles. The van der Waals surface area contributed by atoms with Gasteiger partial charge in [-0.1, -0.05) is 42.5 Å². The van der Waals surface area contributed by atoms with Gasteiger partial charge in [-0.2, -0.15) is 0 Å². The fourth-order valence-electron chi connectivity index (χ4n) is 3.53. The second-order valence-corrected chi connectivity index (χ2v) is 5.45. The van der Waals surface area contributed by atoms with Gasteiger partial charge < -0.3 is 0 Å². The molecule has 2 heterocycles. The van der Waals surface area contributed by atoms with Crippen LogP contribution in [0.3, 0.4) is 0 Å². The Bertz CT molecular complexity index is 428. The van der Waals surface area contributed by atoms with Gasteiger partial charge in [-0.05, 0) is 31.2 Å². The lowest BCUT2D eigenvalue weighted by atomic mass is 9.79. The number of nitrogens with zero attached hydrogens (tertiary/aromatic N) is 1. The van der Waals surface area contributed by atoms with Crippen molar-refractivity contribution in [2.75, 3.05) is 6.67 Å². The molecule has 0 spiro atoms. The fraction of sp³-hybridized carbons (Fsp3) is 0.500. The summed E-state index contributed by atoms with van der Waals surface area (Å²) in [6, 6.07) is 11.2. The monoisotopic (exact) mass is 245 g/mol. The predicted molar refractivity (Wildman–Crippen MR) is 72.1 cm³/mol. The van der Waals surface area contributed by atoms with Crippen molar-refractivity contribution in [1.29, 1.82) is 0 Å². The molecule has 2 aliphatic heterocycles. The SMILES string of the molecule is C[C@H](c1ccccc1)N1C2C=CC(CC2)C1CF. The van der Waals surface area contributed by atoms with Crippen molar-refractivity contribution < 1.29 is 4.39 Å². The summed E-state index contributed by atoms with van der Waals surface area (Å²) in [6.45, 7) is 1.97. The molecule has 4 atom stereocenters. The number of halogens is 1. The molecule has 1 saturated heterocycles. The Balaban J connectivity index is 1.89. The minimum atomic E-state index is -0.233. The van der Waals surface area contributed by atoms with E-state index in [-0.39, 0.29) is 12.7 Å². The smallest absolute Gasteiger partial charge is 0.106 e. The lowest BCUT2D eigenvalue weighted by Crippen LogP contribution is -2.54. The van der Waals surface area contributed by atoms with Crippen molar-refractivity contribution in [3.8, 4) is 0 Å². The summed E-state index contributed by atoms with van der Waals surface area (Å²) in [4.78, 5) is 2.38. The maximum atomic E-state index is 13.4. The zero-order valence-corrected chi connectivity index (χ0v) is 10.8. The first-order valence-corrected chi connectivity index (χ1v) is 6.88. The topological polar surface area (TPSA) is 3.24 Å². The molecule has 0 N–H and O–H groups in total. The lowest BCUT2D eigenvalue weighted by molar-refractivity contribution is 0.0155. The van der Waals surface area contributed by atoms with Crippen LogP contribution in [0.4, 0.5) is 4.39 Å². The molecule has 1 fully saturated rings. The molecule has 1 aliphatic carbocycles. The van der Waals surface area contributed by atoms with Crippen LogP contribution in [0.25, 0.3) is 0 Å². The van der Waals surface area contributed by atoms with Crippen LogP contribution in [0.5, 0.6) is 0 Å². The first-order valence-electron chi connectivity index (χ1n) is 6.88. The average Bonchev–Trinajstić information content (AvgIpc) is 2.47. The first kappa shape index (κ1) is 11.9. The number of benzene rings is 1. The molecule has 18 heavy (non-hydrogen) atoms. The van der Waals surface area contributed by atoms with Crippen LogP contribution >= 0.6 is 0 Å². The van der Waals surface area contributed by atoms with Gasteiger partial charge in [0.2, 0.25) is 0 Å². The van der Waals surface area contributed by atoms with Crippen LogP contribution in [0.2, 0.25) is 0 Å². The van der Waals surface area contributed by atoms with Crippen LogP contribution in [0.15, 0.2) is 42.5 Å². The molecule has 3 unspecified atom stereocenters. The predicted octanol–water partition coefficient (Wildman–Crippen LogP) is 3.74. The van der Waals surface area contributed by atoms with Crippen LogP contribution in [0.1, 0.15) is 31.4 Å². The van der Waals surface area contributed by atoms with Gasteiger partial charge in [-0.25, -0.2) is 4.39 Å². The van der Waals surface area contributed by atoms with E-state index in [2.05, 4.69) is 48.2 Å². The maximum Gasteiger partial charge on any atom is 0.106 e. The largest absolute Gasteiger partial charge is 0.284 e. The van der Waals surface area contributed by atoms with Crippen molar-refractivity contribution in [2.45, 2.75) is 37.9 Å². The highest BCUT2D eigenvalue weighted by Gasteiger charge is 2.40. The normalized spacial score (nSPS) is 32.7. The number of hydrogen-bond donors (Lipinski definition) is 0. The summed E-state index contributed by atoms with van der Waals surface area (Å²) in [5, 5.41) is 0. The number of piperidine rings is 1. The van der Waals surface area contributed by atoms with E-state index in [9.17, 15) is 4.39 Å². The molecule has 2 heteroatoms. The van der Waals surface area contributed by atoms with Gasteiger partial charge in [0.25, 0.3) is 0 Å². The molecular weight excluding hydrogens is 225 g/mol. The van der Waals surface area contributed by atoms with Crippen molar-refractivity contribution in [3.05, 3.63) is 48.0 Å². The van der Waals surface area contributed by atoms with Gasteiger partial charge in [0.05, 0.1) is 0 Å². The van der Waals surface area contributed by atoms with Crippen LogP contribution in [-0.4, -0.2) is 23.7 Å². The Morgan fingerprint density at radius 1 is 1.22 bits per heavy atom. The standard InChI is InChI=1S/C16H20FN/c1-12(13-5-3-2-4-6-13)18-15-9-7-14(8-10-15)16(18)11-17/h2-7,9,12,14-16H,8,10-11H2,1H3/t12-,14?,15?,16?/m1/s1. The van der Waals surface area contributed by atoms with Gasteiger partial charge in [0.15, 0.2) is 0 Å². The van der Waals surface area contributed by atoms with E-state index in [1.54, 1.807) is 0 Å². The Morgan fingerprint density at radius 2 is 2.00 bits per heavy atom. The molecule has 2 bridgehead atoms. The molecular formula is C16H20FN. The number of fused-ring (bicyclic) bond motifs is 2. The van der Waals surface area contributed by atoms with E-state index in [1.165, 1.54) is 12.0 Å². The van der Waals surface area contributed by atoms with Crippen LogP contribution in [0, 0.1) is 5.92 Å². The summed E-state index contributed by atoms with van der Waals surface area (Å²) in [5.41, 5.74) is 1.29. The van der Waals surface area contributed by atoms with E-state index in [0.717, 1.165) is 6.42 Å². The molecule has 96 valence electrons. The average molecular weight is 245 g/mol. The second kappa shape index (κ2) is 4.85. The molecule has 4 rings (SSSR count). The Labute approximate surface area is 108 Å². The van der Waals surface area contributed by atoms with Crippen molar-refractivity contribution in [2.24, 2.45) is 5.92 Å². The molecule has 1 nitrogen and oxygen atoms in total. The van der Waals surface area contributed by atoms with Gasteiger partial charge in [0.1, 0.15) is 6.67 Å². The van der Waals surface area contributed by atoms with Gasteiger partial charge >= 0.3 is 0 Å². The minimum absolute atomic E-state index is 0.0731. The maximum absolute atomic E-state index is 13.4. The Kier molecular flexibility index (Phi) is 3.21. The molecule has 1 aromatic rings. The number of hydrogen-bond acceptors (Lipinski definition) is 1. The van der Waals surface area contributed by atoms with E-state index in [1.807, 2.05) is 6.07 Å².